The van der Waals surface area contributed by atoms with Crippen LogP contribution in [-0.4, -0.2) is 16.7 Å². The minimum absolute atomic E-state index is 0.726. The second-order valence-corrected chi connectivity index (χ2v) is 4.70. The summed E-state index contributed by atoms with van der Waals surface area (Å²) in [6.45, 7) is 1.01. The Morgan fingerprint density at radius 1 is 1.47 bits per heavy atom. The monoisotopic (exact) mass is 266 g/mol. The Balaban J connectivity index is 2.41. The third-order valence-electron chi connectivity index (χ3n) is 2.86. The van der Waals surface area contributed by atoms with Crippen molar-refractivity contribution < 1.29 is 4.74 Å². The zero-order chi connectivity index (χ0) is 10.4. The third kappa shape index (κ3) is 1.28. The molecule has 2 aromatic rings. The fourth-order valence-corrected chi connectivity index (χ4v) is 2.77. The second kappa shape index (κ2) is 3.23. The Hall–Kier alpha value is -1.03. The third-order valence-corrected chi connectivity index (χ3v) is 3.32. The highest BCUT2D eigenvalue weighted by atomic mass is 79.9. The van der Waals surface area contributed by atoms with E-state index in [-0.39, 0.29) is 0 Å². The van der Waals surface area contributed by atoms with E-state index in [0.717, 1.165) is 35.4 Å². The summed E-state index contributed by atoms with van der Waals surface area (Å²) in [6.07, 6.45) is 2.29. The fourth-order valence-electron chi connectivity index (χ4n) is 2.28. The number of ether oxygens (including phenoxy) is 1. The summed E-state index contributed by atoms with van der Waals surface area (Å²) < 4.78 is 8.55. The summed E-state index contributed by atoms with van der Waals surface area (Å²) in [5, 5.41) is 0. The molecule has 1 aromatic heterocycles. The van der Waals surface area contributed by atoms with Gasteiger partial charge >= 0.3 is 0 Å². The van der Waals surface area contributed by atoms with Crippen LogP contribution >= 0.6 is 15.9 Å². The number of halogens is 1. The molecule has 0 fully saturated rings. The minimum atomic E-state index is 0.726. The predicted molar refractivity (Wildman–Crippen MR) is 62.3 cm³/mol. The molecule has 0 atom stereocenters. The lowest BCUT2D eigenvalue weighted by Gasteiger charge is -2.15. The second-order valence-electron chi connectivity index (χ2n) is 3.79. The molecule has 0 spiro atoms. The van der Waals surface area contributed by atoms with Crippen LogP contribution in [0.1, 0.15) is 12.0 Å². The van der Waals surface area contributed by atoms with Crippen molar-refractivity contribution in [3.8, 4) is 6.01 Å². The summed E-state index contributed by atoms with van der Waals surface area (Å²) in [4.78, 5) is 4.47. The molecule has 15 heavy (non-hydrogen) atoms. The van der Waals surface area contributed by atoms with E-state index in [0.29, 0.717) is 0 Å². The van der Waals surface area contributed by atoms with Crippen molar-refractivity contribution in [2.75, 3.05) is 7.11 Å². The number of methoxy groups -OCH3 is 1. The molecule has 1 aliphatic heterocycles. The Morgan fingerprint density at radius 2 is 2.33 bits per heavy atom. The highest BCUT2D eigenvalue weighted by molar-refractivity contribution is 9.10. The van der Waals surface area contributed by atoms with Gasteiger partial charge in [0.25, 0.3) is 6.01 Å². The van der Waals surface area contributed by atoms with Crippen molar-refractivity contribution in [2.45, 2.75) is 19.4 Å². The number of aromatic nitrogens is 2. The number of nitrogens with zero attached hydrogens (tertiary/aromatic N) is 2. The largest absolute Gasteiger partial charge is 0.468 e. The van der Waals surface area contributed by atoms with Crippen LogP contribution in [0.2, 0.25) is 0 Å². The molecule has 0 saturated carbocycles. The summed E-state index contributed by atoms with van der Waals surface area (Å²) in [7, 11) is 1.67. The lowest BCUT2D eigenvalue weighted by atomic mass is 10.0. The molecule has 78 valence electrons. The van der Waals surface area contributed by atoms with Crippen molar-refractivity contribution in [1.82, 2.24) is 9.55 Å². The maximum atomic E-state index is 5.29. The standard InChI is InChI=1S/C11H11BrN2O/c1-15-11-13-9-6-8(12)5-7-3-2-4-14(11)10(7)9/h5-6H,2-4H2,1H3. The predicted octanol–water partition coefficient (Wildman–Crippen LogP) is 2.75. The van der Waals surface area contributed by atoms with Gasteiger partial charge in [-0.05, 0) is 30.5 Å². The Bertz CT molecular complexity index is 533. The van der Waals surface area contributed by atoms with E-state index in [1.54, 1.807) is 7.11 Å². The normalized spacial score (nSPS) is 14.5. The van der Waals surface area contributed by atoms with Gasteiger partial charge in [0, 0.05) is 11.0 Å². The van der Waals surface area contributed by atoms with Crippen LogP contribution in [0.3, 0.4) is 0 Å². The Morgan fingerprint density at radius 3 is 3.13 bits per heavy atom. The molecule has 2 heterocycles. The Kier molecular flexibility index (Phi) is 1.99. The first-order valence-corrected chi connectivity index (χ1v) is 5.81. The van der Waals surface area contributed by atoms with E-state index in [1.807, 2.05) is 6.07 Å². The molecule has 0 saturated heterocycles. The molecule has 3 nitrogen and oxygen atoms in total. The van der Waals surface area contributed by atoms with Crippen molar-refractivity contribution in [3.63, 3.8) is 0 Å². The zero-order valence-corrected chi connectivity index (χ0v) is 10.0. The van der Waals surface area contributed by atoms with Gasteiger partial charge in [-0.2, -0.15) is 4.98 Å². The first-order valence-electron chi connectivity index (χ1n) is 5.02. The van der Waals surface area contributed by atoms with Gasteiger partial charge in [0.1, 0.15) is 0 Å². The van der Waals surface area contributed by atoms with Gasteiger partial charge < -0.3 is 4.74 Å². The topological polar surface area (TPSA) is 27.1 Å². The van der Waals surface area contributed by atoms with Crippen LogP contribution in [0.5, 0.6) is 6.01 Å². The molecule has 0 amide bonds. The average molecular weight is 267 g/mol. The quantitative estimate of drug-likeness (QED) is 0.794. The van der Waals surface area contributed by atoms with E-state index in [2.05, 4.69) is 31.5 Å². The van der Waals surface area contributed by atoms with Crippen LogP contribution in [0.15, 0.2) is 16.6 Å². The van der Waals surface area contributed by atoms with Crippen molar-refractivity contribution >= 4 is 27.0 Å². The molecular formula is C11H11BrN2O. The number of benzene rings is 1. The smallest absolute Gasteiger partial charge is 0.297 e. The molecule has 0 aliphatic carbocycles. The van der Waals surface area contributed by atoms with Gasteiger partial charge in [-0.1, -0.05) is 15.9 Å². The van der Waals surface area contributed by atoms with Gasteiger partial charge in [-0.15, -0.1) is 0 Å². The average Bonchev–Trinajstić information content (AvgIpc) is 2.58. The number of rotatable bonds is 1. The molecular weight excluding hydrogens is 256 g/mol. The molecule has 1 aromatic carbocycles. The van der Waals surface area contributed by atoms with Gasteiger partial charge in [0.05, 0.1) is 18.1 Å². The summed E-state index contributed by atoms with van der Waals surface area (Å²) >= 11 is 3.51. The van der Waals surface area contributed by atoms with Gasteiger partial charge in [0.2, 0.25) is 0 Å². The van der Waals surface area contributed by atoms with Crippen LogP contribution in [0.25, 0.3) is 11.0 Å². The molecule has 0 N–H and O–H groups in total. The van der Waals surface area contributed by atoms with E-state index >= 15 is 0 Å². The Labute approximate surface area is 96.2 Å². The highest BCUT2D eigenvalue weighted by Gasteiger charge is 2.18. The molecule has 0 radical (unpaired) electrons. The lowest BCUT2D eigenvalue weighted by Crippen LogP contribution is -2.08. The zero-order valence-electron chi connectivity index (χ0n) is 8.46. The molecule has 0 bridgehead atoms. The van der Waals surface area contributed by atoms with Gasteiger partial charge in [0.15, 0.2) is 0 Å². The molecule has 4 heteroatoms. The number of aryl methyl sites for hydroxylation is 2. The summed E-state index contributed by atoms with van der Waals surface area (Å²) in [6, 6.07) is 4.95. The van der Waals surface area contributed by atoms with Crippen molar-refractivity contribution in [2.24, 2.45) is 0 Å². The summed E-state index contributed by atoms with van der Waals surface area (Å²) in [5.74, 6) is 0. The molecule has 0 unspecified atom stereocenters. The first kappa shape index (κ1) is 9.21. The minimum Gasteiger partial charge on any atom is -0.468 e. The van der Waals surface area contributed by atoms with E-state index in [1.165, 1.54) is 11.1 Å². The summed E-state index contributed by atoms with van der Waals surface area (Å²) in [5.41, 5.74) is 3.62. The maximum absolute atomic E-state index is 5.29. The lowest BCUT2D eigenvalue weighted by molar-refractivity contribution is 0.356. The molecule has 3 rings (SSSR count). The fraction of sp³-hybridized carbons (Fsp3) is 0.364. The molecule has 1 aliphatic rings. The van der Waals surface area contributed by atoms with E-state index in [4.69, 9.17) is 4.74 Å². The van der Waals surface area contributed by atoms with E-state index in [9.17, 15) is 0 Å². The van der Waals surface area contributed by atoms with Crippen LogP contribution in [-0.2, 0) is 13.0 Å². The van der Waals surface area contributed by atoms with Crippen LogP contribution in [0, 0.1) is 0 Å². The first-order chi connectivity index (χ1) is 7.29. The van der Waals surface area contributed by atoms with Crippen molar-refractivity contribution in [3.05, 3.63) is 22.2 Å². The maximum Gasteiger partial charge on any atom is 0.297 e. The van der Waals surface area contributed by atoms with Gasteiger partial charge in [-0.25, -0.2) is 0 Å². The number of hydrogen-bond donors (Lipinski definition) is 0. The highest BCUT2D eigenvalue weighted by Crippen LogP contribution is 2.32. The SMILES string of the molecule is COc1nc2cc(Br)cc3c2n1CCC3. The van der Waals surface area contributed by atoms with Crippen LogP contribution < -0.4 is 4.74 Å². The van der Waals surface area contributed by atoms with Gasteiger partial charge in [-0.3, -0.25) is 4.57 Å². The van der Waals surface area contributed by atoms with Crippen molar-refractivity contribution in [1.29, 1.82) is 0 Å². The number of hydrogen-bond acceptors (Lipinski definition) is 2. The van der Waals surface area contributed by atoms with E-state index < -0.39 is 0 Å². The van der Waals surface area contributed by atoms with Crippen LogP contribution in [0.4, 0.5) is 0 Å². The number of imidazole rings is 1.